The minimum Gasteiger partial charge on any atom is -0.317 e. The topological polar surface area (TPSA) is 12.0 Å². The van der Waals surface area contributed by atoms with Crippen molar-refractivity contribution in [1.29, 1.82) is 0 Å². The molecule has 88 valence electrons. The lowest BCUT2D eigenvalue weighted by molar-refractivity contribution is 0.456. The van der Waals surface area contributed by atoms with Crippen molar-refractivity contribution in [2.75, 3.05) is 25.6 Å². The number of nitrogens with one attached hydrogen (secondary N) is 1. The molecule has 3 heteroatoms. The maximum atomic E-state index is 3.43. The molecule has 1 aromatic rings. The van der Waals surface area contributed by atoms with Crippen molar-refractivity contribution in [3.8, 4) is 0 Å². The van der Waals surface area contributed by atoms with Gasteiger partial charge in [0.05, 0.1) is 0 Å². The van der Waals surface area contributed by atoms with E-state index in [-0.39, 0.29) is 0 Å². The third kappa shape index (κ3) is 2.76. The minimum absolute atomic E-state index is 0.764. The summed E-state index contributed by atoms with van der Waals surface area (Å²) in [6, 6.07) is 6.95. The number of thioether (sulfide) groups is 2. The zero-order chi connectivity index (χ0) is 11.4. The van der Waals surface area contributed by atoms with Crippen LogP contribution in [0.2, 0.25) is 0 Å². The highest BCUT2D eigenvalue weighted by atomic mass is 32.2. The first-order valence-electron chi connectivity index (χ1n) is 5.78. The van der Waals surface area contributed by atoms with Crippen molar-refractivity contribution in [1.82, 2.24) is 5.32 Å². The SMILES string of the molecule is CSc1ccc(C2CCNCC2)c(SC)c1. The molecule has 0 radical (unpaired) electrons. The van der Waals surface area contributed by atoms with E-state index in [2.05, 4.69) is 36.0 Å². The summed E-state index contributed by atoms with van der Waals surface area (Å²) in [6.45, 7) is 2.34. The molecular weight excluding hydrogens is 234 g/mol. The van der Waals surface area contributed by atoms with Gasteiger partial charge in [-0.25, -0.2) is 0 Å². The molecule has 0 unspecified atom stereocenters. The van der Waals surface area contributed by atoms with Crippen molar-refractivity contribution in [3.63, 3.8) is 0 Å². The molecule has 1 saturated heterocycles. The van der Waals surface area contributed by atoms with E-state index in [9.17, 15) is 0 Å². The summed E-state index contributed by atoms with van der Waals surface area (Å²) in [5.41, 5.74) is 1.56. The Kier molecular flexibility index (Phi) is 4.62. The van der Waals surface area contributed by atoms with Gasteiger partial charge in [-0.3, -0.25) is 0 Å². The quantitative estimate of drug-likeness (QED) is 0.827. The van der Waals surface area contributed by atoms with Crippen molar-refractivity contribution in [3.05, 3.63) is 23.8 Å². The van der Waals surface area contributed by atoms with Crippen LogP contribution in [0.25, 0.3) is 0 Å². The predicted molar refractivity (Wildman–Crippen MR) is 74.8 cm³/mol. The molecule has 0 aromatic heterocycles. The Hall–Kier alpha value is -0.120. The first-order valence-corrected chi connectivity index (χ1v) is 8.22. The summed E-state index contributed by atoms with van der Waals surface area (Å²) in [7, 11) is 0. The fourth-order valence-electron chi connectivity index (χ4n) is 2.29. The lowest BCUT2D eigenvalue weighted by Crippen LogP contribution is -2.26. The molecule has 1 heterocycles. The standard InChI is InChI=1S/C13H19NS2/c1-15-11-3-4-12(13(9-11)16-2)10-5-7-14-8-6-10/h3-4,9-10,14H,5-8H2,1-2H3. The molecule has 1 aromatic carbocycles. The summed E-state index contributed by atoms with van der Waals surface area (Å²) in [4.78, 5) is 2.85. The van der Waals surface area contributed by atoms with Gasteiger partial charge in [0.1, 0.15) is 0 Å². The van der Waals surface area contributed by atoms with E-state index in [4.69, 9.17) is 0 Å². The van der Waals surface area contributed by atoms with Crippen LogP contribution in [0.4, 0.5) is 0 Å². The third-order valence-corrected chi connectivity index (χ3v) is 4.74. The van der Waals surface area contributed by atoms with Crippen LogP contribution in [0.5, 0.6) is 0 Å². The van der Waals surface area contributed by atoms with Crippen molar-refractivity contribution < 1.29 is 0 Å². The molecule has 0 saturated carbocycles. The highest BCUT2D eigenvalue weighted by molar-refractivity contribution is 7.99. The number of piperidine rings is 1. The predicted octanol–water partition coefficient (Wildman–Crippen LogP) is 3.60. The first-order chi connectivity index (χ1) is 7.85. The minimum atomic E-state index is 0.764. The zero-order valence-corrected chi connectivity index (χ0v) is 11.6. The van der Waals surface area contributed by atoms with Crippen LogP contribution in [-0.2, 0) is 0 Å². The van der Waals surface area contributed by atoms with Crippen LogP contribution in [0, 0.1) is 0 Å². The summed E-state index contributed by atoms with van der Waals surface area (Å²) in [6.07, 6.45) is 6.89. The Morgan fingerprint density at radius 3 is 2.50 bits per heavy atom. The van der Waals surface area contributed by atoms with E-state index in [0.29, 0.717) is 0 Å². The molecule has 1 aliphatic heterocycles. The zero-order valence-electron chi connectivity index (χ0n) is 9.95. The molecular formula is C13H19NS2. The first kappa shape index (κ1) is 12.3. The van der Waals surface area contributed by atoms with E-state index < -0.39 is 0 Å². The summed E-state index contributed by atoms with van der Waals surface area (Å²) < 4.78 is 0. The highest BCUT2D eigenvalue weighted by Crippen LogP contribution is 2.34. The van der Waals surface area contributed by atoms with Gasteiger partial charge in [-0.1, -0.05) is 6.07 Å². The van der Waals surface area contributed by atoms with E-state index in [1.165, 1.54) is 35.7 Å². The molecule has 0 aliphatic carbocycles. The molecule has 16 heavy (non-hydrogen) atoms. The van der Waals surface area contributed by atoms with Gasteiger partial charge in [-0.05, 0) is 62.1 Å². The molecule has 2 rings (SSSR count). The average Bonchev–Trinajstić information content (AvgIpc) is 2.39. The van der Waals surface area contributed by atoms with Crippen LogP contribution in [0.1, 0.15) is 24.3 Å². The van der Waals surface area contributed by atoms with Crippen molar-refractivity contribution in [2.45, 2.75) is 28.6 Å². The smallest absolute Gasteiger partial charge is 0.0115 e. The van der Waals surface area contributed by atoms with Crippen LogP contribution in [0.15, 0.2) is 28.0 Å². The number of hydrogen-bond acceptors (Lipinski definition) is 3. The Balaban J connectivity index is 2.24. The van der Waals surface area contributed by atoms with Gasteiger partial charge >= 0.3 is 0 Å². The number of rotatable bonds is 3. The molecule has 0 atom stereocenters. The van der Waals surface area contributed by atoms with Gasteiger partial charge in [0.2, 0.25) is 0 Å². The monoisotopic (exact) mass is 253 g/mol. The molecule has 0 amide bonds. The summed E-state index contributed by atoms with van der Waals surface area (Å²) in [5.74, 6) is 0.764. The Morgan fingerprint density at radius 2 is 1.88 bits per heavy atom. The maximum Gasteiger partial charge on any atom is 0.0115 e. The largest absolute Gasteiger partial charge is 0.317 e. The van der Waals surface area contributed by atoms with Crippen molar-refractivity contribution >= 4 is 23.5 Å². The fourth-order valence-corrected chi connectivity index (χ4v) is 3.52. The normalized spacial score (nSPS) is 17.6. The lowest BCUT2D eigenvalue weighted by atomic mass is 9.90. The van der Waals surface area contributed by atoms with E-state index >= 15 is 0 Å². The fraction of sp³-hybridized carbons (Fsp3) is 0.538. The molecule has 1 fully saturated rings. The summed E-state index contributed by atoms with van der Waals surface area (Å²) >= 11 is 3.71. The number of hydrogen-bond donors (Lipinski definition) is 1. The van der Waals surface area contributed by atoms with Crippen LogP contribution in [0.3, 0.4) is 0 Å². The summed E-state index contributed by atoms with van der Waals surface area (Å²) in [5, 5.41) is 3.43. The maximum absolute atomic E-state index is 3.43. The molecule has 1 N–H and O–H groups in total. The van der Waals surface area contributed by atoms with Gasteiger partial charge in [0.25, 0.3) is 0 Å². The van der Waals surface area contributed by atoms with Gasteiger partial charge in [-0.2, -0.15) is 0 Å². The van der Waals surface area contributed by atoms with Crippen molar-refractivity contribution in [2.24, 2.45) is 0 Å². The molecule has 1 nitrogen and oxygen atoms in total. The lowest BCUT2D eigenvalue weighted by Gasteiger charge is -2.25. The Labute approximate surface area is 107 Å². The van der Waals surface area contributed by atoms with Gasteiger partial charge in [-0.15, -0.1) is 23.5 Å². The molecule has 0 bridgehead atoms. The van der Waals surface area contributed by atoms with Gasteiger partial charge in [0, 0.05) is 9.79 Å². The second-order valence-corrected chi connectivity index (χ2v) is 5.86. The number of benzene rings is 1. The van der Waals surface area contributed by atoms with Gasteiger partial charge < -0.3 is 5.32 Å². The van der Waals surface area contributed by atoms with E-state index in [0.717, 1.165) is 5.92 Å². The molecule has 0 spiro atoms. The second kappa shape index (κ2) is 5.99. The van der Waals surface area contributed by atoms with Crippen LogP contribution < -0.4 is 5.32 Å². The molecule has 1 aliphatic rings. The van der Waals surface area contributed by atoms with Crippen LogP contribution in [-0.4, -0.2) is 25.6 Å². The highest BCUT2D eigenvalue weighted by Gasteiger charge is 2.17. The van der Waals surface area contributed by atoms with E-state index in [1.54, 1.807) is 5.56 Å². The Bertz CT molecular complexity index is 346. The second-order valence-electron chi connectivity index (χ2n) is 4.13. The van der Waals surface area contributed by atoms with E-state index in [1.807, 2.05) is 23.5 Å². The van der Waals surface area contributed by atoms with Crippen LogP contribution >= 0.6 is 23.5 Å². The third-order valence-electron chi connectivity index (χ3n) is 3.22. The average molecular weight is 253 g/mol. The van der Waals surface area contributed by atoms with Gasteiger partial charge in [0.15, 0.2) is 0 Å². The Morgan fingerprint density at radius 1 is 1.12 bits per heavy atom.